The van der Waals surface area contributed by atoms with Gasteiger partial charge < -0.3 is 15.4 Å². The van der Waals surface area contributed by atoms with Crippen molar-refractivity contribution in [2.24, 2.45) is 0 Å². The Kier molecular flexibility index (Phi) is 3.82. The first-order chi connectivity index (χ1) is 15.0. The summed E-state index contributed by atoms with van der Waals surface area (Å²) in [6.45, 7) is 2.34. The minimum Gasteiger partial charge on any atom is -0.382 e. The molecule has 2 aromatic carbocycles. The van der Waals surface area contributed by atoms with E-state index in [-0.39, 0.29) is 35.5 Å². The van der Waals surface area contributed by atoms with Crippen LogP contribution in [-0.4, -0.2) is 43.9 Å². The highest BCUT2D eigenvalue weighted by Gasteiger charge is 2.44. The lowest BCUT2D eigenvalue weighted by atomic mass is 10.0. The van der Waals surface area contributed by atoms with Crippen molar-refractivity contribution >= 4 is 28.3 Å². The number of ether oxygens (including phenoxy) is 1. The zero-order valence-corrected chi connectivity index (χ0v) is 16.8. The van der Waals surface area contributed by atoms with Crippen LogP contribution in [0.4, 0.5) is 10.2 Å². The summed E-state index contributed by atoms with van der Waals surface area (Å²) in [5, 5.41) is 0. The van der Waals surface area contributed by atoms with Crippen LogP contribution in [0.3, 0.4) is 0 Å². The number of aromatic nitrogens is 3. The van der Waals surface area contributed by atoms with E-state index >= 15 is 4.39 Å². The highest BCUT2D eigenvalue weighted by Crippen LogP contribution is 2.42. The molecule has 1 saturated heterocycles. The number of fused-ring (bicyclic) bond motifs is 6. The summed E-state index contributed by atoms with van der Waals surface area (Å²) in [5.74, 6) is -0.715. The summed E-state index contributed by atoms with van der Waals surface area (Å²) >= 11 is 0. The third kappa shape index (κ3) is 2.64. The summed E-state index contributed by atoms with van der Waals surface area (Å²) < 4.78 is 23.0. The number of benzene rings is 2. The fourth-order valence-corrected chi connectivity index (χ4v) is 4.99. The lowest BCUT2D eigenvalue weighted by molar-refractivity contribution is -0.0938. The van der Waals surface area contributed by atoms with E-state index < -0.39 is 5.82 Å². The second kappa shape index (κ2) is 6.49. The van der Waals surface area contributed by atoms with Crippen LogP contribution in [0.5, 0.6) is 0 Å². The molecule has 3 heterocycles. The molecule has 4 aromatic rings. The highest BCUT2D eigenvalue weighted by molar-refractivity contribution is 5.99. The molecule has 0 radical (unpaired) electrons. The van der Waals surface area contributed by atoms with E-state index in [0.717, 1.165) is 12.0 Å². The molecule has 7 nitrogen and oxygen atoms in total. The van der Waals surface area contributed by atoms with Crippen molar-refractivity contribution in [1.82, 2.24) is 19.3 Å². The molecule has 1 aliphatic heterocycles. The smallest absolute Gasteiger partial charge is 0.257 e. The van der Waals surface area contributed by atoms with Gasteiger partial charge in [0.05, 0.1) is 47.4 Å². The Bertz CT molecular complexity index is 1370. The maximum Gasteiger partial charge on any atom is 0.257 e. The summed E-state index contributed by atoms with van der Waals surface area (Å²) in [5.41, 5.74) is 9.78. The van der Waals surface area contributed by atoms with Gasteiger partial charge in [-0.3, -0.25) is 9.20 Å². The van der Waals surface area contributed by atoms with Crippen molar-refractivity contribution in [3.05, 3.63) is 71.4 Å². The Morgan fingerprint density at radius 3 is 2.97 bits per heavy atom. The molecule has 31 heavy (non-hydrogen) atoms. The summed E-state index contributed by atoms with van der Waals surface area (Å²) in [7, 11) is 0. The topological polar surface area (TPSA) is 85.8 Å². The Balaban J connectivity index is 1.49. The van der Waals surface area contributed by atoms with Crippen LogP contribution in [0.15, 0.2) is 48.9 Å². The molecule has 156 valence electrons. The van der Waals surface area contributed by atoms with Crippen molar-refractivity contribution in [3.63, 3.8) is 0 Å². The van der Waals surface area contributed by atoms with Crippen LogP contribution in [0, 0.1) is 5.82 Å². The van der Waals surface area contributed by atoms with Gasteiger partial charge >= 0.3 is 0 Å². The van der Waals surface area contributed by atoms with Gasteiger partial charge in [0.1, 0.15) is 17.2 Å². The number of halogens is 1. The van der Waals surface area contributed by atoms with E-state index in [1.165, 1.54) is 11.6 Å². The van der Waals surface area contributed by atoms with Gasteiger partial charge in [0, 0.05) is 19.0 Å². The third-order valence-corrected chi connectivity index (χ3v) is 6.30. The van der Waals surface area contributed by atoms with Gasteiger partial charge in [-0.1, -0.05) is 24.3 Å². The molecular weight excluding hydrogens is 397 g/mol. The number of hydrogen-bond donors (Lipinski definition) is 1. The van der Waals surface area contributed by atoms with Crippen molar-refractivity contribution < 1.29 is 13.9 Å². The highest BCUT2D eigenvalue weighted by atomic mass is 19.1. The number of imidazole rings is 1. The van der Waals surface area contributed by atoms with Gasteiger partial charge in [-0.25, -0.2) is 14.4 Å². The van der Waals surface area contributed by atoms with Crippen LogP contribution in [0.1, 0.15) is 34.5 Å². The van der Waals surface area contributed by atoms with Gasteiger partial charge in [-0.05, 0) is 24.1 Å². The van der Waals surface area contributed by atoms with Crippen LogP contribution >= 0.6 is 0 Å². The van der Waals surface area contributed by atoms with Gasteiger partial charge in [-0.2, -0.15) is 0 Å². The van der Waals surface area contributed by atoms with Crippen LogP contribution in [0.2, 0.25) is 0 Å². The van der Waals surface area contributed by atoms with Gasteiger partial charge in [0.2, 0.25) is 0 Å². The number of morpholine rings is 1. The normalized spacial score (nSPS) is 22.6. The summed E-state index contributed by atoms with van der Waals surface area (Å²) in [4.78, 5) is 23.8. The van der Waals surface area contributed by atoms with Crippen molar-refractivity contribution in [1.29, 1.82) is 0 Å². The molecule has 2 aliphatic rings. The molecule has 1 amide bonds. The average Bonchev–Trinajstić information content (AvgIpc) is 3.37. The molecule has 0 bridgehead atoms. The molecule has 8 heteroatoms. The second-order valence-electron chi connectivity index (χ2n) is 8.26. The quantitative estimate of drug-likeness (QED) is 0.514. The van der Waals surface area contributed by atoms with Crippen LogP contribution in [-0.2, 0) is 11.2 Å². The number of rotatable bonds is 1. The largest absolute Gasteiger partial charge is 0.382 e. The lowest BCUT2D eigenvalue weighted by Crippen LogP contribution is -2.50. The minimum absolute atomic E-state index is 0.00584. The molecule has 3 atom stereocenters. The third-order valence-electron chi connectivity index (χ3n) is 6.30. The first kappa shape index (κ1) is 18.3. The van der Waals surface area contributed by atoms with Crippen molar-refractivity contribution in [3.8, 4) is 0 Å². The molecular formula is C23H20FN5O2. The molecule has 1 aliphatic carbocycles. The molecule has 2 N–H and O–H groups in total. The Labute approximate surface area is 177 Å². The van der Waals surface area contributed by atoms with E-state index in [1.807, 2.05) is 25.1 Å². The number of anilines is 1. The lowest BCUT2D eigenvalue weighted by Gasteiger charge is -2.41. The summed E-state index contributed by atoms with van der Waals surface area (Å²) in [6, 6.07) is 10.6. The zero-order chi connectivity index (χ0) is 21.3. The first-order valence-electron chi connectivity index (χ1n) is 10.3. The molecule has 0 spiro atoms. The maximum atomic E-state index is 15.1. The molecule has 0 saturated carbocycles. The van der Waals surface area contributed by atoms with E-state index in [2.05, 4.69) is 16.0 Å². The molecule has 1 fully saturated rings. The Morgan fingerprint density at radius 2 is 2.10 bits per heavy atom. The number of carbonyl (C=O) groups is 1. The van der Waals surface area contributed by atoms with Gasteiger partial charge in [-0.15, -0.1) is 0 Å². The van der Waals surface area contributed by atoms with Crippen molar-refractivity contribution in [2.45, 2.75) is 31.6 Å². The standard InChI is InChI=1S/C23H20FN5O2/c1-12-10-28(21-14-5-3-2-4-13(14)6-20(21)31-12)23(30)15-7-18-17(8-16(15)24)27-22(25)19-9-26-11-29(18)19/h2-5,7-9,11-12,20-21H,6,10H2,1H3,(H2,25,27)/t12-,20-,21+/m1/s1. The maximum absolute atomic E-state index is 15.1. The Morgan fingerprint density at radius 1 is 1.26 bits per heavy atom. The fraction of sp³-hybridized carbons (Fsp3) is 0.261. The van der Waals surface area contributed by atoms with E-state index in [1.54, 1.807) is 27.9 Å². The molecule has 0 unspecified atom stereocenters. The van der Waals surface area contributed by atoms with E-state index in [9.17, 15) is 4.79 Å². The summed E-state index contributed by atoms with van der Waals surface area (Å²) in [6.07, 6.45) is 3.66. The zero-order valence-electron chi connectivity index (χ0n) is 16.8. The SMILES string of the molecule is C[C@@H]1CN(C(=O)c2cc3c(cc2F)nc(N)c2cncn23)[C@H]2c3ccccc3C[C@H]2O1. The van der Waals surface area contributed by atoms with E-state index in [0.29, 0.717) is 23.1 Å². The second-order valence-corrected chi connectivity index (χ2v) is 8.26. The average molecular weight is 417 g/mol. The predicted octanol–water partition coefficient (Wildman–Crippen LogP) is 3.13. The van der Waals surface area contributed by atoms with Crippen LogP contribution < -0.4 is 5.73 Å². The molecule has 2 aromatic heterocycles. The minimum atomic E-state index is -0.620. The number of nitrogens with zero attached hydrogens (tertiary/aromatic N) is 4. The van der Waals surface area contributed by atoms with Gasteiger partial charge in [0.25, 0.3) is 5.91 Å². The number of hydrogen-bond acceptors (Lipinski definition) is 5. The van der Waals surface area contributed by atoms with E-state index in [4.69, 9.17) is 10.5 Å². The Hall–Kier alpha value is -3.52. The number of nitrogens with two attached hydrogens (primary N) is 1. The number of nitrogen functional groups attached to an aromatic ring is 1. The van der Waals surface area contributed by atoms with Gasteiger partial charge in [0.15, 0.2) is 0 Å². The predicted molar refractivity (Wildman–Crippen MR) is 113 cm³/mol. The monoisotopic (exact) mass is 417 g/mol. The number of amides is 1. The van der Waals surface area contributed by atoms with Crippen molar-refractivity contribution in [2.75, 3.05) is 12.3 Å². The first-order valence-corrected chi connectivity index (χ1v) is 10.3. The fourth-order valence-electron chi connectivity index (χ4n) is 4.99. The number of carbonyl (C=O) groups excluding carboxylic acids is 1. The van der Waals surface area contributed by atoms with Crippen LogP contribution in [0.25, 0.3) is 16.6 Å². The molecule has 6 rings (SSSR count).